The molecule has 0 fully saturated rings. The first-order valence-electron chi connectivity index (χ1n) is 26.1. The highest BCUT2D eigenvalue weighted by Crippen LogP contribution is 2.53. The van der Waals surface area contributed by atoms with Gasteiger partial charge in [0, 0.05) is 43.7 Å². The van der Waals surface area contributed by atoms with Crippen LogP contribution in [-0.2, 0) is 10.8 Å². The fourth-order valence-corrected chi connectivity index (χ4v) is 13.0. The van der Waals surface area contributed by atoms with Gasteiger partial charge in [-0.05, 0) is 168 Å². The Morgan fingerprint density at radius 1 is 0.284 bits per heavy atom. The molecular formula is C72H52N2. The molecule has 0 unspecified atom stereocenters. The number of nitrogens with zero attached hydrogens (tertiary/aromatic N) is 2. The van der Waals surface area contributed by atoms with Crippen molar-refractivity contribution in [1.82, 2.24) is 9.13 Å². The van der Waals surface area contributed by atoms with E-state index in [-0.39, 0.29) is 10.8 Å². The van der Waals surface area contributed by atoms with Gasteiger partial charge in [0.25, 0.3) is 0 Å². The van der Waals surface area contributed by atoms with Crippen molar-refractivity contribution in [1.29, 1.82) is 0 Å². The predicted octanol–water partition coefficient (Wildman–Crippen LogP) is 19.2. The molecule has 0 radical (unpaired) electrons. The molecule has 2 heteroatoms. The molecule has 2 heterocycles. The molecule has 0 atom stereocenters. The lowest BCUT2D eigenvalue weighted by molar-refractivity contribution is 0.659. The van der Waals surface area contributed by atoms with Gasteiger partial charge >= 0.3 is 0 Å². The molecule has 2 aromatic heterocycles. The van der Waals surface area contributed by atoms with Crippen LogP contribution < -0.4 is 0 Å². The third kappa shape index (κ3) is 6.31. The van der Waals surface area contributed by atoms with E-state index in [2.05, 4.69) is 280 Å². The number of aromatic nitrogens is 2. The molecule has 74 heavy (non-hydrogen) atoms. The monoisotopic (exact) mass is 944 g/mol. The summed E-state index contributed by atoms with van der Waals surface area (Å²) in [6, 6.07) is 86.1. The SMILES string of the molecule is CC1(C)c2cc(C=Cc3ccc4c(c3)c3ccccc3n4-c3ccccc3)ccc2-c2ccc(-c3ccc4c(c3)C(C)(C)c3cc(-c5ccc6c(c5)c5ccccc5n6-c5ccc6ccccc6c5)ccc3-4)cc21. The molecule has 2 nitrogen and oxygen atoms in total. The van der Waals surface area contributed by atoms with E-state index in [1.54, 1.807) is 0 Å². The first-order valence-corrected chi connectivity index (χ1v) is 26.1. The number of fused-ring (bicyclic) bond motifs is 13. The molecule has 2 aliphatic carbocycles. The van der Waals surface area contributed by atoms with E-state index in [0.29, 0.717) is 0 Å². The Hall–Kier alpha value is -8.98. The van der Waals surface area contributed by atoms with Crippen molar-refractivity contribution >= 4 is 66.5 Å². The molecule has 0 saturated heterocycles. The Kier molecular flexibility index (Phi) is 9.09. The Labute approximate surface area is 431 Å². The minimum Gasteiger partial charge on any atom is -0.309 e. The van der Waals surface area contributed by atoms with E-state index in [9.17, 15) is 0 Å². The number of benzene rings is 11. The zero-order valence-electron chi connectivity index (χ0n) is 42.0. The number of hydrogen-bond donors (Lipinski definition) is 0. The van der Waals surface area contributed by atoms with Crippen LogP contribution in [0.5, 0.6) is 0 Å². The number of hydrogen-bond acceptors (Lipinski definition) is 0. The second-order valence-electron chi connectivity index (χ2n) is 21.8. The summed E-state index contributed by atoms with van der Waals surface area (Å²) >= 11 is 0. The van der Waals surface area contributed by atoms with Crippen molar-refractivity contribution in [3.63, 3.8) is 0 Å². The summed E-state index contributed by atoms with van der Waals surface area (Å²) < 4.78 is 4.80. The van der Waals surface area contributed by atoms with Gasteiger partial charge in [-0.1, -0.05) is 192 Å². The van der Waals surface area contributed by atoms with Crippen molar-refractivity contribution in [3.8, 4) is 55.9 Å². The van der Waals surface area contributed by atoms with Crippen molar-refractivity contribution in [3.05, 3.63) is 264 Å². The largest absolute Gasteiger partial charge is 0.309 e. The average molecular weight is 945 g/mol. The molecule has 0 N–H and O–H groups in total. The van der Waals surface area contributed by atoms with E-state index in [0.717, 1.165) is 0 Å². The van der Waals surface area contributed by atoms with Gasteiger partial charge in [-0.15, -0.1) is 0 Å². The Bertz CT molecular complexity index is 4530. The summed E-state index contributed by atoms with van der Waals surface area (Å²) in [5.41, 5.74) is 25.2. The lowest BCUT2D eigenvalue weighted by Crippen LogP contribution is -2.15. The second kappa shape index (κ2) is 15.8. The van der Waals surface area contributed by atoms with Crippen molar-refractivity contribution in [2.75, 3.05) is 0 Å². The lowest BCUT2D eigenvalue weighted by Gasteiger charge is -2.24. The van der Waals surface area contributed by atoms with Crippen LogP contribution in [0.15, 0.2) is 231 Å². The standard InChI is InChI=1S/C72H52N2/c1-71(2)63-39-46(23-22-45-25-36-69-61(38-45)59-18-10-12-20-67(59)73(69)53-16-6-5-7-17-53)24-32-55(63)56-34-28-51(43-64(56)71)52-29-35-58-57-33-27-50(42-65(57)72(3,4)66(58)44-52)49-30-37-70-62(41-49)60-19-11-13-21-68(60)74(70)54-31-26-47-14-8-9-15-48(47)40-54/h5-44H,1-4H3. The summed E-state index contributed by atoms with van der Waals surface area (Å²) in [5, 5.41) is 7.57. The van der Waals surface area contributed by atoms with Gasteiger partial charge in [-0.25, -0.2) is 0 Å². The summed E-state index contributed by atoms with van der Waals surface area (Å²) in [5.74, 6) is 0. The van der Waals surface area contributed by atoms with Crippen LogP contribution in [-0.4, -0.2) is 9.13 Å². The lowest BCUT2D eigenvalue weighted by atomic mass is 9.79. The molecule has 11 aromatic carbocycles. The third-order valence-electron chi connectivity index (χ3n) is 16.9. The minimum absolute atomic E-state index is 0.153. The predicted molar refractivity (Wildman–Crippen MR) is 314 cm³/mol. The van der Waals surface area contributed by atoms with Gasteiger partial charge in [0.05, 0.1) is 22.1 Å². The van der Waals surface area contributed by atoms with Gasteiger partial charge in [0.15, 0.2) is 0 Å². The number of para-hydroxylation sites is 3. The van der Waals surface area contributed by atoms with E-state index < -0.39 is 0 Å². The van der Waals surface area contributed by atoms with E-state index in [1.165, 1.54) is 144 Å². The molecule has 0 bridgehead atoms. The van der Waals surface area contributed by atoms with Crippen LogP contribution in [0.2, 0.25) is 0 Å². The fraction of sp³-hybridized carbons (Fsp3) is 0.0833. The Morgan fingerprint density at radius 2 is 0.703 bits per heavy atom. The first kappa shape index (κ1) is 42.7. The van der Waals surface area contributed by atoms with Gasteiger partial charge in [-0.3, -0.25) is 0 Å². The zero-order chi connectivity index (χ0) is 49.5. The fourth-order valence-electron chi connectivity index (χ4n) is 13.0. The molecule has 0 saturated carbocycles. The van der Waals surface area contributed by atoms with Crippen LogP contribution in [0, 0.1) is 0 Å². The minimum atomic E-state index is -0.171. The summed E-state index contributed by atoms with van der Waals surface area (Å²) in [7, 11) is 0. The summed E-state index contributed by atoms with van der Waals surface area (Å²) in [4.78, 5) is 0. The number of rotatable bonds is 6. The van der Waals surface area contributed by atoms with Crippen LogP contribution >= 0.6 is 0 Å². The maximum Gasteiger partial charge on any atom is 0.0541 e. The van der Waals surface area contributed by atoms with Gasteiger partial charge in [0.1, 0.15) is 0 Å². The maximum absolute atomic E-state index is 2.47. The first-order chi connectivity index (χ1) is 36.2. The second-order valence-corrected chi connectivity index (χ2v) is 21.8. The summed E-state index contributed by atoms with van der Waals surface area (Å²) in [6.45, 7) is 9.60. The molecule has 0 amide bonds. The molecule has 0 aliphatic heterocycles. The van der Waals surface area contributed by atoms with Gasteiger partial charge in [-0.2, -0.15) is 0 Å². The topological polar surface area (TPSA) is 9.86 Å². The average Bonchev–Trinajstić information content (AvgIpc) is 4.14. The highest BCUT2D eigenvalue weighted by molar-refractivity contribution is 6.12. The zero-order valence-corrected chi connectivity index (χ0v) is 42.0. The molecule has 15 rings (SSSR count). The van der Waals surface area contributed by atoms with Crippen LogP contribution in [0.1, 0.15) is 61.1 Å². The molecular weight excluding hydrogens is 893 g/mol. The van der Waals surface area contributed by atoms with Crippen LogP contribution in [0.4, 0.5) is 0 Å². The van der Waals surface area contributed by atoms with Crippen molar-refractivity contribution in [2.45, 2.75) is 38.5 Å². The van der Waals surface area contributed by atoms with E-state index in [4.69, 9.17) is 0 Å². The van der Waals surface area contributed by atoms with Crippen LogP contribution in [0.25, 0.3) is 122 Å². The smallest absolute Gasteiger partial charge is 0.0541 e. The molecule has 350 valence electrons. The van der Waals surface area contributed by atoms with Crippen molar-refractivity contribution in [2.24, 2.45) is 0 Å². The van der Waals surface area contributed by atoms with Crippen LogP contribution in [0.3, 0.4) is 0 Å². The maximum atomic E-state index is 2.47. The Balaban J connectivity index is 0.721. The Morgan fingerprint density at radius 3 is 1.31 bits per heavy atom. The highest BCUT2D eigenvalue weighted by Gasteiger charge is 2.38. The quantitative estimate of drug-likeness (QED) is 0.147. The molecule has 2 aliphatic rings. The normalized spacial score (nSPS) is 14.1. The van der Waals surface area contributed by atoms with Gasteiger partial charge in [0.2, 0.25) is 0 Å². The van der Waals surface area contributed by atoms with E-state index in [1.807, 2.05) is 0 Å². The third-order valence-corrected chi connectivity index (χ3v) is 16.9. The van der Waals surface area contributed by atoms with Crippen molar-refractivity contribution < 1.29 is 0 Å². The van der Waals surface area contributed by atoms with Gasteiger partial charge < -0.3 is 9.13 Å². The highest BCUT2D eigenvalue weighted by atomic mass is 15.0. The summed E-state index contributed by atoms with van der Waals surface area (Å²) in [6.07, 6.45) is 4.55. The molecule has 0 spiro atoms. The van der Waals surface area contributed by atoms with E-state index >= 15 is 0 Å². The molecule has 13 aromatic rings.